The Morgan fingerprint density at radius 3 is 2.41 bits per heavy atom. The van der Waals surface area contributed by atoms with Crippen LogP contribution in [0.4, 0.5) is 5.69 Å². The number of hydrogen-bond acceptors (Lipinski definition) is 2. The zero-order valence-electron chi connectivity index (χ0n) is 16.4. The van der Waals surface area contributed by atoms with Gasteiger partial charge in [-0.1, -0.05) is 39.0 Å². The topological polar surface area (TPSA) is 63.1 Å². The van der Waals surface area contributed by atoms with Crippen molar-refractivity contribution in [3.05, 3.63) is 42.5 Å². The van der Waals surface area contributed by atoms with E-state index in [1.165, 1.54) is 10.9 Å². The zero-order chi connectivity index (χ0) is 19.6. The van der Waals surface area contributed by atoms with Crippen LogP contribution >= 0.6 is 0 Å². The molecule has 0 fully saturated rings. The number of carbonyl (C=O) groups is 2. The fourth-order valence-corrected chi connectivity index (χ4v) is 3.25. The Morgan fingerprint density at radius 2 is 1.70 bits per heavy atom. The molecule has 0 radical (unpaired) electrons. The minimum atomic E-state index is -0.449. The Balaban J connectivity index is 1.73. The average molecular weight is 365 g/mol. The highest BCUT2D eigenvalue weighted by Crippen LogP contribution is 2.30. The van der Waals surface area contributed by atoms with Crippen molar-refractivity contribution in [3.8, 4) is 0 Å². The molecule has 0 atom stereocenters. The second-order valence-corrected chi connectivity index (χ2v) is 7.80. The maximum atomic E-state index is 12.2. The number of nitrogens with one attached hydrogen (secondary N) is 2. The van der Waals surface area contributed by atoms with Gasteiger partial charge in [0.25, 0.3) is 0 Å². The lowest BCUT2D eigenvalue weighted by molar-refractivity contribution is -0.128. The SMILES string of the molecule is CCn1c2ccccc2c2cc(NC(=O)CCNC(=O)C(C)(C)C)ccc21. The summed E-state index contributed by atoms with van der Waals surface area (Å²) in [4.78, 5) is 24.1. The normalized spacial score (nSPS) is 11.7. The summed E-state index contributed by atoms with van der Waals surface area (Å²) in [5.74, 6) is -0.160. The molecule has 1 heterocycles. The third-order valence-electron chi connectivity index (χ3n) is 4.69. The molecule has 0 aliphatic carbocycles. The summed E-state index contributed by atoms with van der Waals surface area (Å²) in [5, 5.41) is 8.05. The molecule has 3 rings (SSSR count). The first-order valence-corrected chi connectivity index (χ1v) is 9.40. The monoisotopic (exact) mass is 365 g/mol. The Kier molecular flexibility index (Phi) is 5.22. The van der Waals surface area contributed by atoms with Gasteiger partial charge in [0.1, 0.15) is 0 Å². The van der Waals surface area contributed by atoms with E-state index >= 15 is 0 Å². The van der Waals surface area contributed by atoms with Crippen LogP contribution in [0.15, 0.2) is 42.5 Å². The lowest BCUT2D eigenvalue weighted by atomic mass is 9.96. The predicted molar refractivity (Wildman–Crippen MR) is 111 cm³/mol. The Hall–Kier alpha value is -2.82. The van der Waals surface area contributed by atoms with E-state index < -0.39 is 5.41 Å². The van der Waals surface area contributed by atoms with Crippen LogP contribution < -0.4 is 10.6 Å². The number of fused-ring (bicyclic) bond motifs is 3. The van der Waals surface area contributed by atoms with Crippen molar-refractivity contribution in [2.24, 2.45) is 5.41 Å². The number of anilines is 1. The molecule has 0 spiro atoms. The molecule has 0 unspecified atom stereocenters. The molecule has 5 nitrogen and oxygen atoms in total. The molecule has 27 heavy (non-hydrogen) atoms. The van der Waals surface area contributed by atoms with Crippen LogP contribution in [0.1, 0.15) is 34.1 Å². The van der Waals surface area contributed by atoms with Crippen LogP contribution in [0.2, 0.25) is 0 Å². The minimum absolute atomic E-state index is 0.0518. The maximum absolute atomic E-state index is 12.2. The Bertz CT molecular complexity index is 996. The zero-order valence-corrected chi connectivity index (χ0v) is 16.4. The molecule has 142 valence electrons. The van der Waals surface area contributed by atoms with Crippen LogP contribution in [-0.4, -0.2) is 22.9 Å². The van der Waals surface area contributed by atoms with E-state index in [-0.39, 0.29) is 18.2 Å². The second kappa shape index (κ2) is 7.43. The van der Waals surface area contributed by atoms with Crippen molar-refractivity contribution in [1.82, 2.24) is 9.88 Å². The molecule has 0 bridgehead atoms. The summed E-state index contributed by atoms with van der Waals surface area (Å²) in [7, 11) is 0. The number of aryl methyl sites for hydroxylation is 1. The molecule has 2 amide bonds. The summed E-state index contributed by atoms with van der Waals surface area (Å²) in [6, 6.07) is 14.3. The van der Waals surface area contributed by atoms with Gasteiger partial charge in [-0.15, -0.1) is 0 Å². The number of rotatable bonds is 5. The first-order valence-electron chi connectivity index (χ1n) is 9.40. The number of nitrogens with zero attached hydrogens (tertiary/aromatic N) is 1. The van der Waals surface area contributed by atoms with Gasteiger partial charge in [0.2, 0.25) is 11.8 Å². The molecule has 0 aliphatic rings. The van der Waals surface area contributed by atoms with E-state index in [9.17, 15) is 9.59 Å². The Labute approximate surface area is 159 Å². The highest BCUT2D eigenvalue weighted by atomic mass is 16.2. The lowest BCUT2D eigenvalue weighted by Gasteiger charge is -2.17. The van der Waals surface area contributed by atoms with Crippen LogP contribution in [-0.2, 0) is 16.1 Å². The number of carbonyl (C=O) groups excluding carboxylic acids is 2. The van der Waals surface area contributed by atoms with Gasteiger partial charge in [-0.25, -0.2) is 0 Å². The van der Waals surface area contributed by atoms with E-state index in [4.69, 9.17) is 0 Å². The quantitative estimate of drug-likeness (QED) is 0.708. The number of para-hydroxylation sites is 1. The molecule has 2 N–H and O–H groups in total. The van der Waals surface area contributed by atoms with Crippen molar-refractivity contribution >= 4 is 39.3 Å². The van der Waals surface area contributed by atoms with Crippen LogP contribution in [0.5, 0.6) is 0 Å². The summed E-state index contributed by atoms with van der Waals surface area (Å²) < 4.78 is 2.28. The van der Waals surface area contributed by atoms with Gasteiger partial charge in [-0.3, -0.25) is 9.59 Å². The number of hydrogen-bond donors (Lipinski definition) is 2. The molecule has 5 heteroatoms. The van der Waals surface area contributed by atoms with Gasteiger partial charge >= 0.3 is 0 Å². The maximum Gasteiger partial charge on any atom is 0.226 e. The van der Waals surface area contributed by atoms with Gasteiger partial charge < -0.3 is 15.2 Å². The van der Waals surface area contributed by atoms with E-state index in [0.717, 1.165) is 23.1 Å². The molecule has 0 aliphatic heterocycles. The third-order valence-corrected chi connectivity index (χ3v) is 4.69. The lowest BCUT2D eigenvalue weighted by Crippen LogP contribution is -2.36. The number of amides is 2. The van der Waals surface area contributed by atoms with Gasteiger partial charge in [0, 0.05) is 52.4 Å². The number of benzene rings is 2. The molecule has 0 saturated carbocycles. The van der Waals surface area contributed by atoms with Crippen molar-refractivity contribution < 1.29 is 9.59 Å². The summed E-state index contributed by atoms with van der Waals surface area (Å²) >= 11 is 0. The average Bonchev–Trinajstić information content (AvgIpc) is 2.94. The van der Waals surface area contributed by atoms with Crippen LogP contribution in [0.25, 0.3) is 21.8 Å². The van der Waals surface area contributed by atoms with Gasteiger partial charge in [0.05, 0.1) is 0 Å². The molecule has 2 aromatic carbocycles. The van der Waals surface area contributed by atoms with Crippen molar-refractivity contribution in [2.45, 2.75) is 40.7 Å². The summed E-state index contributed by atoms with van der Waals surface area (Å²) in [6.45, 7) is 8.91. The van der Waals surface area contributed by atoms with E-state index in [0.29, 0.717) is 6.54 Å². The summed E-state index contributed by atoms with van der Waals surface area (Å²) in [6.07, 6.45) is 0.247. The fourth-order valence-electron chi connectivity index (χ4n) is 3.25. The largest absolute Gasteiger partial charge is 0.355 e. The molecule has 0 saturated heterocycles. The van der Waals surface area contributed by atoms with E-state index in [2.05, 4.69) is 40.3 Å². The molecular formula is C22H27N3O2. The fraction of sp³-hybridized carbons (Fsp3) is 0.364. The van der Waals surface area contributed by atoms with Gasteiger partial charge in [-0.2, -0.15) is 0 Å². The molecular weight excluding hydrogens is 338 g/mol. The standard InChI is InChI=1S/C22H27N3O2/c1-5-25-18-9-7-6-8-16(18)17-14-15(10-11-19(17)25)24-20(26)12-13-23-21(27)22(2,3)4/h6-11,14H,5,12-13H2,1-4H3,(H,23,27)(H,24,26). The molecule has 1 aromatic heterocycles. The number of aromatic nitrogens is 1. The van der Waals surface area contributed by atoms with Crippen LogP contribution in [0.3, 0.4) is 0 Å². The highest BCUT2D eigenvalue weighted by molar-refractivity contribution is 6.09. The van der Waals surface area contributed by atoms with Crippen molar-refractivity contribution in [3.63, 3.8) is 0 Å². The predicted octanol–water partition coefficient (Wildman–Crippen LogP) is 4.31. The highest BCUT2D eigenvalue weighted by Gasteiger charge is 2.20. The smallest absolute Gasteiger partial charge is 0.226 e. The van der Waals surface area contributed by atoms with Crippen molar-refractivity contribution in [1.29, 1.82) is 0 Å². The van der Waals surface area contributed by atoms with E-state index in [1.807, 2.05) is 45.0 Å². The minimum Gasteiger partial charge on any atom is -0.355 e. The Morgan fingerprint density at radius 1 is 1.00 bits per heavy atom. The third kappa shape index (κ3) is 3.97. The second-order valence-electron chi connectivity index (χ2n) is 7.80. The first kappa shape index (κ1) is 19.0. The summed E-state index contributed by atoms with van der Waals surface area (Å²) in [5.41, 5.74) is 2.68. The molecule has 3 aromatic rings. The van der Waals surface area contributed by atoms with Crippen molar-refractivity contribution in [2.75, 3.05) is 11.9 Å². The van der Waals surface area contributed by atoms with Gasteiger partial charge in [0.15, 0.2) is 0 Å². The first-order chi connectivity index (χ1) is 12.8. The van der Waals surface area contributed by atoms with E-state index in [1.54, 1.807) is 0 Å². The van der Waals surface area contributed by atoms with Crippen LogP contribution in [0, 0.1) is 5.41 Å². The van der Waals surface area contributed by atoms with Gasteiger partial charge in [-0.05, 0) is 31.2 Å².